The minimum absolute atomic E-state index is 0.00240. The highest BCUT2D eigenvalue weighted by molar-refractivity contribution is 6.74. The van der Waals surface area contributed by atoms with Crippen LogP contribution in [0.4, 0.5) is 13.2 Å². The van der Waals surface area contributed by atoms with E-state index in [1.807, 2.05) is 0 Å². The fourth-order valence-electron chi connectivity index (χ4n) is 2.10. The molecule has 1 aliphatic rings. The molecule has 0 amide bonds. The topological polar surface area (TPSA) is 9.23 Å². The predicted octanol–water partition coefficient (Wildman–Crippen LogP) is 5.97. The van der Waals surface area contributed by atoms with Gasteiger partial charge in [0.05, 0.1) is 5.56 Å². The molecule has 1 aliphatic carbocycles. The lowest BCUT2D eigenvalue weighted by Gasteiger charge is -2.37. The molecule has 0 spiro atoms. The van der Waals surface area contributed by atoms with Crippen LogP contribution in [0.5, 0.6) is 5.75 Å². The van der Waals surface area contributed by atoms with Crippen LogP contribution >= 0.6 is 0 Å². The van der Waals surface area contributed by atoms with Crippen molar-refractivity contribution in [3.05, 3.63) is 29.3 Å². The second kappa shape index (κ2) is 5.04. The molecule has 0 unspecified atom stereocenters. The molecule has 5 heteroatoms. The Morgan fingerprint density at radius 2 is 1.67 bits per heavy atom. The first-order chi connectivity index (χ1) is 9.43. The van der Waals surface area contributed by atoms with E-state index in [4.69, 9.17) is 4.43 Å². The lowest BCUT2D eigenvalue weighted by Crippen LogP contribution is -2.44. The summed E-state index contributed by atoms with van der Waals surface area (Å²) >= 11 is 0. The lowest BCUT2D eigenvalue weighted by molar-refractivity contribution is -0.138. The highest BCUT2D eigenvalue weighted by Crippen LogP contribution is 2.51. The van der Waals surface area contributed by atoms with Crippen LogP contribution in [0.1, 0.15) is 50.7 Å². The van der Waals surface area contributed by atoms with E-state index < -0.39 is 20.1 Å². The van der Waals surface area contributed by atoms with Crippen molar-refractivity contribution in [1.82, 2.24) is 0 Å². The first-order valence-corrected chi connectivity index (χ1v) is 10.2. The Morgan fingerprint density at radius 1 is 1.10 bits per heavy atom. The summed E-state index contributed by atoms with van der Waals surface area (Å²) in [5.41, 5.74) is -0.156. The summed E-state index contributed by atoms with van der Waals surface area (Å²) in [6.07, 6.45) is -2.67. The number of hydrogen-bond donors (Lipinski definition) is 0. The van der Waals surface area contributed by atoms with Crippen LogP contribution in [-0.2, 0) is 6.18 Å². The summed E-state index contributed by atoms with van der Waals surface area (Å²) in [5.74, 6) is 0.446. The van der Waals surface area contributed by atoms with Gasteiger partial charge in [0, 0.05) is 5.56 Å². The molecule has 0 aliphatic heterocycles. The molecule has 0 radical (unpaired) electrons. The fourth-order valence-corrected chi connectivity index (χ4v) is 3.14. The molecule has 2 rings (SSSR count). The van der Waals surface area contributed by atoms with E-state index in [-0.39, 0.29) is 11.0 Å². The van der Waals surface area contributed by atoms with Gasteiger partial charge in [0.15, 0.2) is 0 Å². The van der Waals surface area contributed by atoms with Gasteiger partial charge in [-0.15, -0.1) is 0 Å². The normalized spacial score (nSPS) is 17.0. The lowest BCUT2D eigenvalue weighted by atomic mass is 10.0. The molecule has 0 bridgehead atoms. The summed E-state index contributed by atoms with van der Waals surface area (Å²) in [4.78, 5) is 0. The Bertz CT molecular complexity index is 525. The van der Waals surface area contributed by atoms with Crippen molar-refractivity contribution in [3.8, 4) is 5.75 Å². The SMILES string of the molecule is CC(C)(C)[Si](C)(C)Oc1cccc(C(F)(F)F)c1C1CC1. The van der Waals surface area contributed by atoms with Gasteiger partial charge < -0.3 is 4.43 Å². The highest BCUT2D eigenvalue weighted by atomic mass is 28.4. The van der Waals surface area contributed by atoms with Crippen LogP contribution in [0, 0.1) is 0 Å². The van der Waals surface area contributed by atoms with Gasteiger partial charge in [-0.25, -0.2) is 0 Å². The molecule has 1 aromatic carbocycles. The fraction of sp³-hybridized carbons (Fsp3) is 0.625. The number of alkyl halides is 3. The van der Waals surface area contributed by atoms with Gasteiger partial charge in [-0.05, 0) is 49.0 Å². The molecule has 0 heterocycles. The van der Waals surface area contributed by atoms with E-state index in [1.165, 1.54) is 12.1 Å². The minimum Gasteiger partial charge on any atom is -0.543 e. The number of benzene rings is 1. The molecule has 0 aromatic heterocycles. The van der Waals surface area contributed by atoms with Crippen LogP contribution in [0.3, 0.4) is 0 Å². The monoisotopic (exact) mass is 316 g/mol. The smallest absolute Gasteiger partial charge is 0.416 e. The molecule has 21 heavy (non-hydrogen) atoms. The van der Waals surface area contributed by atoms with Crippen LogP contribution in [0.15, 0.2) is 18.2 Å². The Labute approximate surface area is 125 Å². The van der Waals surface area contributed by atoms with Gasteiger partial charge >= 0.3 is 6.18 Å². The third-order valence-corrected chi connectivity index (χ3v) is 8.87. The number of hydrogen-bond acceptors (Lipinski definition) is 1. The third-order valence-electron chi connectivity index (χ3n) is 4.53. The van der Waals surface area contributed by atoms with Crippen LogP contribution in [0.25, 0.3) is 0 Å². The zero-order valence-electron chi connectivity index (χ0n) is 13.3. The van der Waals surface area contributed by atoms with Gasteiger partial charge in [-0.2, -0.15) is 13.2 Å². The van der Waals surface area contributed by atoms with E-state index >= 15 is 0 Å². The second-order valence-electron chi connectivity index (χ2n) is 7.35. The summed E-state index contributed by atoms with van der Waals surface area (Å²) < 4.78 is 45.9. The quantitative estimate of drug-likeness (QED) is 0.624. The molecule has 0 N–H and O–H groups in total. The van der Waals surface area contributed by atoms with E-state index in [1.54, 1.807) is 6.07 Å². The first-order valence-electron chi connectivity index (χ1n) is 7.32. The Hall–Kier alpha value is -0.973. The minimum atomic E-state index is -4.31. The van der Waals surface area contributed by atoms with E-state index in [0.717, 1.165) is 12.8 Å². The van der Waals surface area contributed by atoms with E-state index in [9.17, 15) is 13.2 Å². The molecule has 1 aromatic rings. The van der Waals surface area contributed by atoms with E-state index in [0.29, 0.717) is 11.3 Å². The van der Waals surface area contributed by atoms with Crippen molar-refractivity contribution in [2.75, 3.05) is 0 Å². The Kier molecular flexibility index (Phi) is 3.94. The van der Waals surface area contributed by atoms with Crippen molar-refractivity contribution < 1.29 is 17.6 Å². The van der Waals surface area contributed by atoms with Gasteiger partial charge in [0.25, 0.3) is 0 Å². The molecular weight excluding hydrogens is 293 g/mol. The Balaban J connectivity index is 2.45. The second-order valence-corrected chi connectivity index (χ2v) is 12.1. The first kappa shape index (κ1) is 16.4. The van der Waals surface area contributed by atoms with Gasteiger partial charge in [0.1, 0.15) is 5.75 Å². The highest BCUT2D eigenvalue weighted by Gasteiger charge is 2.43. The molecular formula is C16H23F3OSi. The van der Waals surface area contributed by atoms with Crippen molar-refractivity contribution >= 4 is 8.32 Å². The summed E-state index contributed by atoms with van der Waals surface area (Å²) in [5, 5.41) is -0.0396. The standard InChI is InChI=1S/C16H23F3OSi/c1-15(2,3)21(4,5)20-13-8-6-7-12(16(17,18)19)14(13)11-9-10-11/h6-8,11H,9-10H2,1-5H3. The summed E-state index contributed by atoms with van der Waals surface area (Å²) in [6.45, 7) is 10.4. The summed E-state index contributed by atoms with van der Waals surface area (Å²) in [6, 6.07) is 4.33. The average Bonchev–Trinajstić information content (AvgIpc) is 3.09. The van der Waals surface area contributed by atoms with E-state index in [2.05, 4.69) is 33.9 Å². The van der Waals surface area contributed by atoms with Crippen molar-refractivity contribution in [2.24, 2.45) is 0 Å². The van der Waals surface area contributed by atoms with Crippen molar-refractivity contribution in [2.45, 2.75) is 63.8 Å². The van der Waals surface area contributed by atoms with Crippen LogP contribution in [0.2, 0.25) is 18.1 Å². The van der Waals surface area contributed by atoms with Gasteiger partial charge in [-0.3, -0.25) is 0 Å². The third kappa shape index (κ3) is 3.44. The molecule has 1 nitrogen and oxygen atoms in total. The number of rotatable bonds is 3. The number of halogens is 3. The van der Waals surface area contributed by atoms with Crippen LogP contribution in [-0.4, -0.2) is 8.32 Å². The predicted molar refractivity (Wildman–Crippen MR) is 81.2 cm³/mol. The average molecular weight is 316 g/mol. The van der Waals surface area contributed by atoms with Crippen LogP contribution < -0.4 is 4.43 Å². The molecule has 118 valence electrons. The maximum atomic E-state index is 13.2. The molecule has 0 saturated heterocycles. The largest absolute Gasteiger partial charge is 0.543 e. The molecule has 0 atom stereocenters. The molecule has 1 saturated carbocycles. The zero-order valence-corrected chi connectivity index (χ0v) is 14.3. The maximum absolute atomic E-state index is 13.2. The van der Waals surface area contributed by atoms with Crippen molar-refractivity contribution in [3.63, 3.8) is 0 Å². The van der Waals surface area contributed by atoms with Gasteiger partial charge in [-0.1, -0.05) is 26.8 Å². The van der Waals surface area contributed by atoms with Crippen molar-refractivity contribution in [1.29, 1.82) is 0 Å². The maximum Gasteiger partial charge on any atom is 0.416 e. The Morgan fingerprint density at radius 3 is 2.10 bits per heavy atom. The molecule has 1 fully saturated rings. The van der Waals surface area contributed by atoms with Gasteiger partial charge in [0.2, 0.25) is 8.32 Å². The summed E-state index contributed by atoms with van der Waals surface area (Å²) in [7, 11) is -2.14. The zero-order chi connectivity index (χ0) is 16.1.